The van der Waals surface area contributed by atoms with E-state index in [1.165, 1.54) is 0 Å². The summed E-state index contributed by atoms with van der Waals surface area (Å²) in [5, 5.41) is 7.10. The third kappa shape index (κ3) is 3.52. The van der Waals surface area contributed by atoms with Crippen molar-refractivity contribution in [2.24, 2.45) is 7.05 Å². The number of alkyl halides is 1. The molecule has 0 spiro atoms. The maximum atomic E-state index is 11.9. The molecule has 2 atom stereocenters. The van der Waals surface area contributed by atoms with E-state index in [9.17, 15) is 4.79 Å². The molecule has 0 saturated carbocycles. The van der Waals surface area contributed by atoms with E-state index in [-0.39, 0.29) is 17.3 Å². The Kier molecular flexibility index (Phi) is 4.35. The number of halogens is 1. The molecule has 5 heteroatoms. The van der Waals surface area contributed by atoms with Crippen LogP contribution in [-0.4, -0.2) is 27.1 Å². The Labute approximate surface area is 101 Å². The van der Waals surface area contributed by atoms with Gasteiger partial charge in [-0.05, 0) is 27.2 Å². The Hall–Kier alpha value is -1.03. The van der Waals surface area contributed by atoms with Crippen molar-refractivity contribution >= 4 is 17.5 Å². The van der Waals surface area contributed by atoms with Gasteiger partial charge in [-0.3, -0.25) is 9.48 Å². The molecule has 0 radical (unpaired) electrons. The second-order valence-corrected chi connectivity index (χ2v) is 4.94. The molecule has 0 fully saturated rings. The van der Waals surface area contributed by atoms with Crippen LogP contribution in [0.15, 0.2) is 6.20 Å². The lowest BCUT2D eigenvalue weighted by atomic mass is 10.1. The molecule has 0 aliphatic carbocycles. The van der Waals surface area contributed by atoms with Crippen LogP contribution in [0.2, 0.25) is 0 Å². The fraction of sp³-hybridized carbons (Fsp3) is 0.636. The number of amides is 1. The average Bonchev–Trinajstić information content (AvgIpc) is 2.43. The molecule has 1 aromatic rings. The zero-order valence-electron chi connectivity index (χ0n) is 10.1. The third-order valence-corrected chi connectivity index (χ3v) is 2.49. The molecule has 0 aromatic carbocycles. The van der Waals surface area contributed by atoms with Crippen LogP contribution in [-0.2, 0) is 7.05 Å². The highest BCUT2D eigenvalue weighted by atomic mass is 35.5. The summed E-state index contributed by atoms with van der Waals surface area (Å²) in [6, 6.07) is 0.0691. The lowest BCUT2D eigenvalue weighted by molar-refractivity contribution is 0.0938. The van der Waals surface area contributed by atoms with E-state index >= 15 is 0 Å². The normalized spacial score (nSPS) is 14.6. The summed E-state index contributed by atoms with van der Waals surface area (Å²) in [4.78, 5) is 11.9. The maximum Gasteiger partial charge on any atom is 0.254 e. The van der Waals surface area contributed by atoms with Crippen molar-refractivity contribution in [3.8, 4) is 0 Å². The number of nitrogens with one attached hydrogen (secondary N) is 1. The van der Waals surface area contributed by atoms with E-state index < -0.39 is 0 Å². The van der Waals surface area contributed by atoms with E-state index in [1.54, 1.807) is 17.9 Å². The number of hydrogen-bond donors (Lipinski definition) is 1. The topological polar surface area (TPSA) is 46.9 Å². The van der Waals surface area contributed by atoms with Crippen molar-refractivity contribution in [1.82, 2.24) is 15.1 Å². The highest BCUT2D eigenvalue weighted by molar-refractivity contribution is 6.20. The van der Waals surface area contributed by atoms with E-state index in [0.29, 0.717) is 5.56 Å². The van der Waals surface area contributed by atoms with E-state index in [1.807, 2.05) is 20.8 Å². The van der Waals surface area contributed by atoms with Gasteiger partial charge in [-0.25, -0.2) is 0 Å². The summed E-state index contributed by atoms with van der Waals surface area (Å²) in [6.07, 6.45) is 2.48. The summed E-state index contributed by atoms with van der Waals surface area (Å²) in [5.41, 5.74) is 1.36. The Morgan fingerprint density at radius 3 is 2.69 bits per heavy atom. The molecule has 2 unspecified atom stereocenters. The number of aryl methyl sites for hydroxylation is 2. The number of carbonyl (C=O) groups excluding carboxylic acids is 1. The first-order valence-corrected chi connectivity index (χ1v) is 5.79. The highest BCUT2D eigenvalue weighted by Gasteiger charge is 2.15. The lowest BCUT2D eigenvalue weighted by Gasteiger charge is -2.14. The molecule has 1 rings (SSSR count). The summed E-state index contributed by atoms with van der Waals surface area (Å²) < 4.78 is 1.64. The molecule has 1 heterocycles. The quantitative estimate of drug-likeness (QED) is 0.821. The number of rotatable bonds is 4. The van der Waals surface area contributed by atoms with Crippen LogP contribution in [0.3, 0.4) is 0 Å². The number of aromatic nitrogens is 2. The minimum atomic E-state index is -0.0876. The SMILES string of the molecule is Cc1nn(C)cc1C(=O)NC(C)CC(C)Cl. The smallest absolute Gasteiger partial charge is 0.254 e. The van der Waals surface area contributed by atoms with Gasteiger partial charge in [0.25, 0.3) is 5.91 Å². The van der Waals surface area contributed by atoms with Gasteiger partial charge in [-0.1, -0.05) is 0 Å². The Morgan fingerprint density at radius 1 is 1.62 bits per heavy atom. The molecule has 16 heavy (non-hydrogen) atoms. The second-order valence-electron chi connectivity index (χ2n) is 4.19. The van der Waals surface area contributed by atoms with Crippen molar-refractivity contribution < 1.29 is 4.79 Å². The van der Waals surface area contributed by atoms with E-state index in [4.69, 9.17) is 11.6 Å². The van der Waals surface area contributed by atoms with Gasteiger partial charge in [0.2, 0.25) is 0 Å². The van der Waals surface area contributed by atoms with E-state index in [0.717, 1.165) is 12.1 Å². The first kappa shape index (κ1) is 13.0. The molecule has 0 aliphatic heterocycles. The van der Waals surface area contributed by atoms with Crippen molar-refractivity contribution in [3.05, 3.63) is 17.5 Å². The summed E-state index contributed by atoms with van der Waals surface area (Å²) in [5.74, 6) is -0.0876. The molecule has 0 bridgehead atoms. The lowest BCUT2D eigenvalue weighted by Crippen LogP contribution is -2.34. The first-order chi connectivity index (χ1) is 7.40. The van der Waals surface area contributed by atoms with Gasteiger partial charge in [0.05, 0.1) is 11.3 Å². The van der Waals surface area contributed by atoms with Crippen LogP contribution in [0.5, 0.6) is 0 Å². The summed E-state index contributed by atoms with van der Waals surface area (Å²) in [7, 11) is 1.80. The van der Waals surface area contributed by atoms with Gasteiger partial charge >= 0.3 is 0 Å². The zero-order chi connectivity index (χ0) is 12.3. The van der Waals surface area contributed by atoms with Crippen LogP contribution >= 0.6 is 11.6 Å². The molecule has 1 amide bonds. The number of carbonyl (C=O) groups is 1. The first-order valence-electron chi connectivity index (χ1n) is 5.35. The number of hydrogen-bond acceptors (Lipinski definition) is 2. The van der Waals surface area contributed by atoms with E-state index in [2.05, 4.69) is 10.4 Å². The van der Waals surface area contributed by atoms with Crippen LogP contribution in [0.1, 0.15) is 36.3 Å². The Balaban J connectivity index is 2.62. The molecular formula is C11H18ClN3O. The molecule has 0 saturated heterocycles. The van der Waals surface area contributed by atoms with Crippen LogP contribution in [0, 0.1) is 6.92 Å². The molecule has 4 nitrogen and oxygen atoms in total. The van der Waals surface area contributed by atoms with Crippen LogP contribution in [0.4, 0.5) is 0 Å². The number of nitrogens with zero attached hydrogens (tertiary/aromatic N) is 2. The Bertz CT molecular complexity index is 373. The minimum Gasteiger partial charge on any atom is -0.349 e. The predicted molar refractivity (Wildman–Crippen MR) is 64.8 cm³/mol. The van der Waals surface area contributed by atoms with Crippen LogP contribution in [0.25, 0.3) is 0 Å². The van der Waals surface area contributed by atoms with Crippen molar-refractivity contribution in [2.75, 3.05) is 0 Å². The fourth-order valence-electron chi connectivity index (χ4n) is 1.67. The van der Waals surface area contributed by atoms with Crippen LogP contribution < -0.4 is 5.32 Å². The van der Waals surface area contributed by atoms with Gasteiger partial charge in [-0.2, -0.15) is 5.10 Å². The zero-order valence-corrected chi connectivity index (χ0v) is 10.9. The Morgan fingerprint density at radius 2 is 2.25 bits per heavy atom. The monoisotopic (exact) mass is 243 g/mol. The standard InChI is InChI=1S/C11H18ClN3O/c1-7(12)5-8(2)13-11(16)10-6-15(4)14-9(10)3/h6-8H,5H2,1-4H3,(H,13,16). The van der Waals surface area contributed by atoms with Gasteiger partial charge in [0, 0.05) is 24.7 Å². The highest BCUT2D eigenvalue weighted by Crippen LogP contribution is 2.08. The van der Waals surface area contributed by atoms with Gasteiger partial charge in [0.1, 0.15) is 0 Å². The maximum absolute atomic E-state index is 11.9. The summed E-state index contributed by atoms with van der Waals surface area (Å²) in [6.45, 7) is 5.69. The third-order valence-electron chi connectivity index (χ3n) is 2.31. The molecule has 90 valence electrons. The molecule has 1 aromatic heterocycles. The fourth-order valence-corrected chi connectivity index (χ4v) is 1.94. The van der Waals surface area contributed by atoms with Crippen molar-refractivity contribution in [1.29, 1.82) is 0 Å². The van der Waals surface area contributed by atoms with Gasteiger partial charge in [-0.15, -0.1) is 11.6 Å². The molecule has 1 N–H and O–H groups in total. The van der Waals surface area contributed by atoms with Gasteiger partial charge in [0.15, 0.2) is 0 Å². The minimum absolute atomic E-state index is 0.0605. The van der Waals surface area contributed by atoms with Gasteiger partial charge < -0.3 is 5.32 Å². The van der Waals surface area contributed by atoms with Crippen molar-refractivity contribution in [2.45, 2.75) is 38.6 Å². The largest absolute Gasteiger partial charge is 0.349 e. The second kappa shape index (κ2) is 5.34. The summed E-state index contributed by atoms with van der Waals surface area (Å²) >= 11 is 5.87. The molecular weight excluding hydrogens is 226 g/mol. The average molecular weight is 244 g/mol. The van der Waals surface area contributed by atoms with Crippen molar-refractivity contribution in [3.63, 3.8) is 0 Å². The molecule has 0 aliphatic rings. The predicted octanol–water partition coefficient (Wildman–Crippen LogP) is 1.86.